The zero-order chi connectivity index (χ0) is 20.0. The van der Waals surface area contributed by atoms with Gasteiger partial charge in [0.15, 0.2) is 0 Å². The van der Waals surface area contributed by atoms with Gasteiger partial charge in [-0.25, -0.2) is 4.90 Å². The van der Waals surface area contributed by atoms with Crippen molar-refractivity contribution in [3.05, 3.63) is 96.1 Å². The Kier molecular flexibility index (Phi) is 4.18. The van der Waals surface area contributed by atoms with Crippen LogP contribution in [-0.2, 0) is 9.59 Å². The van der Waals surface area contributed by atoms with Crippen molar-refractivity contribution in [1.82, 2.24) is 5.32 Å². The molecule has 5 rings (SSSR count). The first-order valence-corrected chi connectivity index (χ1v) is 9.68. The summed E-state index contributed by atoms with van der Waals surface area (Å²) in [6, 6.07) is 25.1. The van der Waals surface area contributed by atoms with Crippen LogP contribution in [0.25, 0.3) is 0 Å². The molecule has 3 aromatic carbocycles. The third-order valence-corrected chi connectivity index (χ3v) is 5.90. The number of carbonyl (C=O) groups excluding carboxylic acids is 2. The van der Waals surface area contributed by atoms with Crippen molar-refractivity contribution in [2.75, 3.05) is 4.90 Å². The molecular formula is C24H20N2O3. The summed E-state index contributed by atoms with van der Waals surface area (Å²) < 4.78 is 0. The van der Waals surface area contributed by atoms with Gasteiger partial charge in [0.25, 0.3) is 0 Å². The van der Waals surface area contributed by atoms with E-state index >= 15 is 0 Å². The molecule has 2 fully saturated rings. The first kappa shape index (κ1) is 17.6. The summed E-state index contributed by atoms with van der Waals surface area (Å²) in [6.07, 6.45) is 0. The fourth-order valence-electron chi connectivity index (χ4n) is 4.60. The largest absolute Gasteiger partial charge is 0.508 e. The number of nitrogens with one attached hydrogen (secondary N) is 1. The Morgan fingerprint density at radius 2 is 1.14 bits per heavy atom. The SMILES string of the molecule is O=C1C2C(C(=O)N1c1ccccc1)[C@H](c1ccc(O)cc1)N[C@@H]2c1ccccc1. The van der Waals surface area contributed by atoms with Gasteiger partial charge in [-0.1, -0.05) is 60.7 Å². The number of anilines is 1. The van der Waals surface area contributed by atoms with Gasteiger partial charge < -0.3 is 10.4 Å². The van der Waals surface area contributed by atoms with E-state index in [0.717, 1.165) is 11.1 Å². The zero-order valence-corrected chi connectivity index (χ0v) is 15.6. The lowest BCUT2D eigenvalue weighted by molar-refractivity contribution is -0.123. The van der Waals surface area contributed by atoms with Crippen LogP contribution in [0.3, 0.4) is 0 Å². The van der Waals surface area contributed by atoms with Gasteiger partial charge in [-0.15, -0.1) is 0 Å². The number of para-hydroxylation sites is 1. The quantitative estimate of drug-likeness (QED) is 0.677. The number of imide groups is 1. The fourth-order valence-corrected chi connectivity index (χ4v) is 4.60. The lowest BCUT2D eigenvalue weighted by Crippen LogP contribution is -2.36. The molecule has 0 aromatic heterocycles. The van der Waals surface area contributed by atoms with Crippen LogP contribution in [0.5, 0.6) is 5.75 Å². The van der Waals surface area contributed by atoms with Gasteiger partial charge in [-0.2, -0.15) is 0 Å². The smallest absolute Gasteiger partial charge is 0.239 e. The number of rotatable bonds is 3. The van der Waals surface area contributed by atoms with Crippen molar-refractivity contribution in [2.45, 2.75) is 12.1 Å². The van der Waals surface area contributed by atoms with Crippen LogP contribution in [0.4, 0.5) is 5.69 Å². The molecule has 2 saturated heterocycles. The number of carbonyl (C=O) groups is 2. The van der Waals surface area contributed by atoms with E-state index in [9.17, 15) is 14.7 Å². The first-order valence-electron chi connectivity index (χ1n) is 9.68. The number of hydrogen-bond donors (Lipinski definition) is 2. The summed E-state index contributed by atoms with van der Waals surface area (Å²) in [5, 5.41) is 13.2. The van der Waals surface area contributed by atoms with Crippen molar-refractivity contribution in [3.8, 4) is 5.75 Å². The molecule has 0 spiro atoms. The third kappa shape index (κ3) is 2.82. The lowest BCUT2D eigenvalue weighted by Gasteiger charge is -2.23. The molecule has 2 amide bonds. The molecular weight excluding hydrogens is 364 g/mol. The van der Waals surface area contributed by atoms with Crippen LogP contribution >= 0.6 is 0 Å². The van der Waals surface area contributed by atoms with Gasteiger partial charge in [-0.3, -0.25) is 9.59 Å². The number of nitrogens with zero attached hydrogens (tertiary/aromatic N) is 1. The molecule has 2 aliphatic rings. The maximum absolute atomic E-state index is 13.4. The Morgan fingerprint density at radius 3 is 1.69 bits per heavy atom. The summed E-state index contributed by atoms with van der Waals surface area (Å²) >= 11 is 0. The highest BCUT2D eigenvalue weighted by atomic mass is 16.3. The Hall–Kier alpha value is -3.44. The van der Waals surface area contributed by atoms with Gasteiger partial charge in [0.05, 0.1) is 17.5 Å². The second-order valence-corrected chi connectivity index (χ2v) is 7.52. The lowest BCUT2D eigenvalue weighted by atomic mass is 9.84. The van der Waals surface area contributed by atoms with Gasteiger partial charge in [-0.05, 0) is 35.4 Å². The molecule has 29 heavy (non-hydrogen) atoms. The standard InChI is InChI=1S/C24H20N2O3/c27-18-13-11-16(12-14-18)22-20-19(21(25-22)15-7-3-1-4-8-15)23(28)26(24(20)29)17-9-5-2-6-10-17/h1-14,19-22,25,27H/t19?,20?,21-,22+/m1/s1. The second-order valence-electron chi connectivity index (χ2n) is 7.52. The molecule has 0 bridgehead atoms. The number of amides is 2. The van der Waals surface area contributed by atoms with Crippen molar-refractivity contribution in [3.63, 3.8) is 0 Å². The van der Waals surface area contributed by atoms with Crippen molar-refractivity contribution < 1.29 is 14.7 Å². The van der Waals surface area contributed by atoms with E-state index < -0.39 is 11.8 Å². The molecule has 0 radical (unpaired) electrons. The van der Waals surface area contributed by atoms with E-state index in [1.54, 1.807) is 36.4 Å². The number of hydrogen-bond acceptors (Lipinski definition) is 4. The molecule has 2 N–H and O–H groups in total. The van der Waals surface area contributed by atoms with E-state index in [1.165, 1.54) is 4.90 Å². The Bertz CT molecular complexity index is 1050. The maximum Gasteiger partial charge on any atom is 0.239 e. The van der Waals surface area contributed by atoms with Crippen molar-refractivity contribution >= 4 is 17.5 Å². The normalized spacial score (nSPS) is 26.0. The molecule has 2 aliphatic heterocycles. The maximum atomic E-state index is 13.4. The van der Waals surface area contributed by atoms with Crippen molar-refractivity contribution in [2.24, 2.45) is 11.8 Å². The van der Waals surface area contributed by atoms with Crippen LogP contribution in [0, 0.1) is 11.8 Å². The monoisotopic (exact) mass is 384 g/mol. The molecule has 5 heteroatoms. The average molecular weight is 384 g/mol. The van der Waals surface area contributed by atoms with Crippen LogP contribution in [0.2, 0.25) is 0 Å². The Morgan fingerprint density at radius 1 is 0.655 bits per heavy atom. The van der Waals surface area contributed by atoms with E-state index in [4.69, 9.17) is 0 Å². The minimum absolute atomic E-state index is 0.169. The predicted octanol–water partition coefficient (Wildman–Crippen LogP) is 3.58. The predicted molar refractivity (Wildman–Crippen MR) is 109 cm³/mol. The van der Waals surface area contributed by atoms with Gasteiger partial charge in [0, 0.05) is 12.1 Å². The summed E-state index contributed by atoms with van der Waals surface area (Å²) in [7, 11) is 0. The van der Waals surface area contributed by atoms with Crippen molar-refractivity contribution in [1.29, 1.82) is 0 Å². The highest BCUT2D eigenvalue weighted by molar-refractivity contribution is 6.22. The minimum atomic E-state index is -0.502. The fraction of sp³-hybridized carbons (Fsp3) is 0.167. The molecule has 0 aliphatic carbocycles. The molecule has 2 unspecified atom stereocenters. The first-order chi connectivity index (χ1) is 14.1. The molecule has 2 heterocycles. The number of fused-ring (bicyclic) bond motifs is 1. The van der Waals surface area contributed by atoms with Crippen LogP contribution in [-0.4, -0.2) is 16.9 Å². The van der Waals surface area contributed by atoms with Crippen LogP contribution in [0.15, 0.2) is 84.9 Å². The highest BCUT2D eigenvalue weighted by Crippen LogP contribution is 2.50. The van der Waals surface area contributed by atoms with Gasteiger partial charge in [0.1, 0.15) is 5.75 Å². The summed E-state index contributed by atoms with van der Waals surface area (Å²) in [6.45, 7) is 0. The summed E-state index contributed by atoms with van der Waals surface area (Å²) in [4.78, 5) is 28.2. The highest BCUT2D eigenvalue weighted by Gasteiger charge is 2.59. The van der Waals surface area contributed by atoms with E-state index in [0.29, 0.717) is 5.69 Å². The molecule has 3 aromatic rings. The molecule has 144 valence electrons. The average Bonchev–Trinajstić information content (AvgIpc) is 3.27. The van der Waals surface area contributed by atoms with E-state index in [-0.39, 0.29) is 29.6 Å². The summed E-state index contributed by atoms with van der Waals surface area (Å²) in [5.41, 5.74) is 2.47. The number of aromatic hydroxyl groups is 1. The minimum Gasteiger partial charge on any atom is -0.508 e. The van der Waals surface area contributed by atoms with Crippen LogP contribution < -0.4 is 10.2 Å². The Labute approximate surface area is 168 Å². The third-order valence-electron chi connectivity index (χ3n) is 5.90. The molecule has 5 nitrogen and oxygen atoms in total. The Balaban J connectivity index is 1.60. The van der Waals surface area contributed by atoms with E-state index in [1.807, 2.05) is 48.5 Å². The second kappa shape index (κ2) is 6.87. The van der Waals surface area contributed by atoms with E-state index in [2.05, 4.69) is 5.32 Å². The number of phenolic OH excluding ortho intramolecular Hbond substituents is 1. The molecule has 0 saturated carbocycles. The topological polar surface area (TPSA) is 69.6 Å². The van der Waals surface area contributed by atoms with Crippen LogP contribution in [0.1, 0.15) is 23.2 Å². The number of benzene rings is 3. The van der Waals surface area contributed by atoms with Gasteiger partial charge >= 0.3 is 0 Å². The molecule has 4 atom stereocenters. The van der Waals surface area contributed by atoms with Gasteiger partial charge in [0.2, 0.25) is 11.8 Å². The number of phenols is 1. The zero-order valence-electron chi connectivity index (χ0n) is 15.6. The summed E-state index contributed by atoms with van der Waals surface area (Å²) in [5.74, 6) is -1.17.